The molecule has 16 heavy (non-hydrogen) atoms. The van der Waals surface area contributed by atoms with Crippen molar-refractivity contribution < 1.29 is 9.18 Å². The fraction of sp³-hybridized carbons (Fsp3) is 0.417. The number of halogens is 1. The molecule has 2 heterocycles. The Bertz CT molecular complexity index is 452. The zero-order valence-electron chi connectivity index (χ0n) is 8.85. The largest absolute Gasteiger partial charge is 0.325 e. The molecule has 2 aliphatic rings. The molecule has 3 rings (SSSR count). The number of carbonyl (C=O) groups is 1. The Hall–Kier alpha value is -1.42. The summed E-state index contributed by atoms with van der Waals surface area (Å²) in [4.78, 5) is 12.0. The van der Waals surface area contributed by atoms with E-state index in [2.05, 4.69) is 10.6 Å². The summed E-state index contributed by atoms with van der Waals surface area (Å²) in [6.07, 6.45) is 1.74. The quantitative estimate of drug-likeness (QED) is 0.694. The molecule has 1 atom stereocenters. The number of carbonyl (C=O) groups excluding carboxylic acids is 1. The zero-order chi connectivity index (χ0) is 11.2. The van der Waals surface area contributed by atoms with Gasteiger partial charge in [-0.2, -0.15) is 0 Å². The van der Waals surface area contributed by atoms with E-state index in [0.717, 1.165) is 30.6 Å². The lowest BCUT2D eigenvalue weighted by atomic mass is 9.76. The Morgan fingerprint density at radius 2 is 2.25 bits per heavy atom. The second kappa shape index (κ2) is 3.28. The molecule has 2 aliphatic heterocycles. The number of hydrogen-bond acceptors (Lipinski definition) is 2. The number of hydrogen-bond donors (Lipinski definition) is 2. The third kappa shape index (κ3) is 1.19. The minimum absolute atomic E-state index is 0.000278. The third-order valence-electron chi connectivity index (χ3n) is 3.56. The number of amides is 1. The molecule has 3 nitrogen and oxygen atoms in total. The van der Waals surface area contributed by atoms with E-state index in [9.17, 15) is 9.18 Å². The van der Waals surface area contributed by atoms with E-state index in [-0.39, 0.29) is 11.7 Å². The summed E-state index contributed by atoms with van der Waals surface area (Å²) < 4.78 is 13.3. The van der Waals surface area contributed by atoms with E-state index in [4.69, 9.17) is 0 Å². The van der Waals surface area contributed by atoms with Crippen LogP contribution in [-0.2, 0) is 10.2 Å². The predicted octanol–water partition coefficient (Wildman–Crippen LogP) is 1.40. The summed E-state index contributed by atoms with van der Waals surface area (Å²) in [5.41, 5.74) is 1.02. The molecule has 1 saturated heterocycles. The van der Waals surface area contributed by atoms with Gasteiger partial charge in [-0.15, -0.1) is 0 Å². The van der Waals surface area contributed by atoms with Crippen LogP contribution < -0.4 is 10.6 Å². The van der Waals surface area contributed by atoms with Crippen molar-refractivity contribution >= 4 is 11.6 Å². The van der Waals surface area contributed by atoms with Gasteiger partial charge in [0.25, 0.3) is 0 Å². The van der Waals surface area contributed by atoms with Crippen molar-refractivity contribution in [3.05, 3.63) is 29.6 Å². The molecular weight excluding hydrogens is 207 g/mol. The maximum absolute atomic E-state index is 13.3. The number of fused-ring (bicyclic) bond motifs is 2. The topological polar surface area (TPSA) is 41.1 Å². The van der Waals surface area contributed by atoms with Crippen LogP contribution in [-0.4, -0.2) is 19.0 Å². The van der Waals surface area contributed by atoms with Crippen LogP contribution >= 0.6 is 0 Å². The van der Waals surface area contributed by atoms with Gasteiger partial charge in [0, 0.05) is 12.2 Å². The molecule has 1 aromatic rings. The minimum atomic E-state index is -0.546. The third-order valence-corrected chi connectivity index (χ3v) is 3.56. The van der Waals surface area contributed by atoms with E-state index < -0.39 is 5.41 Å². The van der Waals surface area contributed by atoms with Gasteiger partial charge in [0.2, 0.25) is 5.91 Å². The van der Waals surface area contributed by atoms with E-state index in [1.807, 2.05) is 0 Å². The van der Waals surface area contributed by atoms with E-state index >= 15 is 0 Å². The first-order valence-corrected chi connectivity index (χ1v) is 5.55. The molecular formula is C12H13FN2O. The van der Waals surface area contributed by atoms with Gasteiger partial charge in [0.1, 0.15) is 5.82 Å². The Morgan fingerprint density at radius 1 is 1.38 bits per heavy atom. The molecule has 1 amide bonds. The molecule has 0 aromatic heterocycles. The monoisotopic (exact) mass is 220 g/mol. The lowest BCUT2D eigenvalue weighted by Gasteiger charge is -2.32. The van der Waals surface area contributed by atoms with Crippen LogP contribution in [0.15, 0.2) is 18.2 Å². The summed E-state index contributed by atoms with van der Waals surface area (Å²) in [7, 11) is 0. The van der Waals surface area contributed by atoms with Crippen LogP contribution in [0, 0.1) is 5.82 Å². The highest BCUT2D eigenvalue weighted by molar-refractivity contribution is 6.06. The van der Waals surface area contributed by atoms with Gasteiger partial charge in [-0.05, 0) is 43.1 Å². The molecule has 4 heteroatoms. The van der Waals surface area contributed by atoms with E-state index in [0.29, 0.717) is 6.54 Å². The SMILES string of the molecule is O=C1Nc2ccc(F)cc2C12CCCNC2. The highest BCUT2D eigenvalue weighted by Crippen LogP contribution is 2.42. The van der Waals surface area contributed by atoms with Crippen LogP contribution in [0.25, 0.3) is 0 Å². The number of anilines is 1. The lowest BCUT2D eigenvalue weighted by molar-refractivity contribution is -0.121. The van der Waals surface area contributed by atoms with E-state index in [1.54, 1.807) is 6.07 Å². The standard InChI is InChI=1S/C12H13FN2O/c13-8-2-3-10-9(6-8)12(11(16)15-10)4-1-5-14-7-12/h2-3,6,14H,1,4-5,7H2,(H,15,16). The van der Waals surface area contributed by atoms with Gasteiger partial charge in [0.05, 0.1) is 5.41 Å². The van der Waals surface area contributed by atoms with Gasteiger partial charge in [-0.3, -0.25) is 4.79 Å². The second-order valence-electron chi connectivity index (χ2n) is 4.51. The fourth-order valence-electron chi connectivity index (χ4n) is 2.71. The summed E-state index contributed by atoms with van der Waals surface area (Å²) >= 11 is 0. The van der Waals surface area contributed by atoms with Crippen LogP contribution in [0.2, 0.25) is 0 Å². The Morgan fingerprint density at radius 3 is 3.00 bits per heavy atom. The van der Waals surface area contributed by atoms with Crippen molar-refractivity contribution in [1.29, 1.82) is 0 Å². The average Bonchev–Trinajstić information content (AvgIpc) is 2.55. The van der Waals surface area contributed by atoms with Crippen molar-refractivity contribution in [2.24, 2.45) is 0 Å². The minimum Gasteiger partial charge on any atom is -0.325 e. The summed E-state index contributed by atoms with van der Waals surface area (Å²) in [6.45, 7) is 1.54. The average molecular weight is 220 g/mol. The fourth-order valence-corrected chi connectivity index (χ4v) is 2.71. The van der Waals surface area contributed by atoms with Crippen molar-refractivity contribution in [3.8, 4) is 0 Å². The smallest absolute Gasteiger partial charge is 0.236 e. The Balaban J connectivity index is 2.13. The van der Waals surface area contributed by atoms with Crippen LogP contribution in [0.5, 0.6) is 0 Å². The van der Waals surface area contributed by atoms with Gasteiger partial charge in [0.15, 0.2) is 0 Å². The molecule has 0 bridgehead atoms. The number of benzene rings is 1. The number of nitrogens with one attached hydrogen (secondary N) is 2. The number of rotatable bonds is 0. The molecule has 1 aromatic carbocycles. The lowest BCUT2D eigenvalue weighted by Crippen LogP contribution is -2.47. The first-order valence-electron chi connectivity index (χ1n) is 5.55. The molecule has 1 fully saturated rings. The maximum Gasteiger partial charge on any atom is 0.236 e. The second-order valence-corrected chi connectivity index (χ2v) is 4.51. The molecule has 84 valence electrons. The Labute approximate surface area is 93.0 Å². The summed E-state index contributed by atoms with van der Waals surface area (Å²) in [5.74, 6) is -0.277. The normalized spacial score (nSPS) is 27.9. The summed E-state index contributed by atoms with van der Waals surface area (Å²) in [6, 6.07) is 4.51. The Kier molecular flexibility index (Phi) is 2.01. The highest BCUT2D eigenvalue weighted by atomic mass is 19.1. The predicted molar refractivity (Wildman–Crippen MR) is 58.8 cm³/mol. The van der Waals surface area contributed by atoms with Crippen molar-refractivity contribution in [3.63, 3.8) is 0 Å². The molecule has 1 spiro atoms. The van der Waals surface area contributed by atoms with Crippen LogP contribution in [0.4, 0.5) is 10.1 Å². The molecule has 1 unspecified atom stereocenters. The highest BCUT2D eigenvalue weighted by Gasteiger charge is 2.47. The van der Waals surface area contributed by atoms with Crippen LogP contribution in [0.3, 0.4) is 0 Å². The van der Waals surface area contributed by atoms with Crippen molar-refractivity contribution in [2.75, 3.05) is 18.4 Å². The summed E-state index contributed by atoms with van der Waals surface area (Å²) in [5, 5.41) is 6.06. The van der Waals surface area contributed by atoms with Gasteiger partial charge in [-0.1, -0.05) is 0 Å². The molecule has 0 saturated carbocycles. The molecule has 2 N–H and O–H groups in total. The maximum atomic E-state index is 13.3. The first kappa shape index (κ1) is 9.78. The van der Waals surface area contributed by atoms with Crippen molar-refractivity contribution in [1.82, 2.24) is 5.32 Å². The van der Waals surface area contributed by atoms with E-state index in [1.165, 1.54) is 12.1 Å². The van der Waals surface area contributed by atoms with Gasteiger partial charge in [-0.25, -0.2) is 4.39 Å². The van der Waals surface area contributed by atoms with Gasteiger partial charge < -0.3 is 10.6 Å². The molecule has 0 aliphatic carbocycles. The van der Waals surface area contributed by atoms with Gasteiger partial charge >= 0.3 is 0 Å². The number of piperidine rings is 1. The van der Waals surface area contributed by atoms with Crippen molar-refractivity contribution in [2.45, 2.75) is 18.3 Å². The first-order chi connectivity index (χ1) is 7.72. The molecule has 0 radical (unpaired) electrons. The zero-order valence-corrected chi connectivity index (χ0v) is 8.85. The van der Waals surface area contributed by atoms with Crippen LogP contribution in [0.1, 0.15) is 18.4 Å².